The molecule has 0 saturated carbocycles. The Morgan fingerprint density at radius 2 is 1.69 bits per heavy atom. The molecule has 0 spiro atoms. The minimum Gasteiger partial charge on any atom is -0.491 e. The number of hydrogen-bond acceptors (Lipinski definition) is 4. The Balaban J connectivity index is 1.61. The molecule has 3 aromatic carbocycles. The zero-order valence-corrected chi connectivity index (χ0v) is 20.0. The molecular formula is C26H19F4N3O2S. The summed E-state index contributed by atoms with van der Waals surface area (Å²) in [5.74, 6) is -0.590. The van der Waals surface area contributed by atoms with Crippen molar-refractivity contribution in [2.75, 3.05) is 16.3 Å². The van der Waals surface area contributed by atoms with E-state index in [4.69, 9.17) is 22.2 Å². The second-order valence-electron chi connectivity index (χ2n) is 8.29. The summed E-state index contributed by atoms with van der Waals surface area (Å²) in [5.41, 5.74) is -0.565. The average Bonchev–Trinajstić information content (AvgIpc) is 3.11. The molecule has 1 aliphatic rings. The first-order valence-electron chi connectivity index (χ1n) is 10.8. The van der Waals surface area contributed by atoms with E-state index in [2.05, 4.69) is 0 Å². The number of nitriles is 1. The van der Waals surface area contributed by atoms with Crippen LogP contribution in [0.4, 0.5) is 28.9 Å². The van der Waals surface area contributed by atoms with E-state index in [9.17, 15) is 18.0 Å². The van der Waals surface area contributed by atoms with Gasteiger partial charge in [-0.3, -0.25) is 9.69 Å². The van der Waals surface area contributed by atoms with E-state index in [1.54, 1.807) is 30.3 Å². The summed E-state index contributed by atoms with van der Waals surface area (Å²) in [4.78, 5) is 14.8. The molecule has 0 aromatic heterocycles. The molecule has 1 fully saturated rings. The molecule has 184 valence electrons. The quantitative estimate of drug-likeness (QED) is 0.296. The fraction of sp³-hybridized carbons (Fsp3) is 0.192. The third-order valence-electron chi connectivity index (χ3n) is 5.45. The second-order valence-corrected chi connectivity index (χ2v) is 8.66. The zero-order valence-electron chi connectivity index (χ0n) is 19.1. The lowest BCUT2D eigenvalue weighted by molar-refractivity contribution is -0.137. The van der Waals surface area contributed by atoms with E-state index >= 15 is 4.39 Å². The van der Waals surface area contributed by atoms with E-state index in [1.807, 2.05) is 13.8 Å². The topological polar surface area (TPSA) is 56.6 Å². The molecule has 0 aliphatic carbocycles. The summed E-state index contributed by atoms with van der Waals surface area (Å²) in [6.45, 7) is 3.47. The summed E-state index contributed by atoms with van der Waals surface area (Å²) in [6.07, 6.45) is -4.78. The smallest absolute Gasteiger partial charge is 0.417 e. The number of nitrogens with zero attached hydrogens (tertiary/aromatic N) is 3. The number of amides is 1. The standard InChI is InChI=1S/C26H19F4N3O2S/c1-15(2)35-20-8-4-16(5-9-20)17-6-10-23(22(27)11-17)32-14-24(34)33(25(32)36)19-7-3-18(13-31)21(12-19)26(28,29)30/h3-12,15H,14H2,1-2H3. The maximum Gasteiger partial charge on any atom is 0.417 e. The maximum absolute atomic E-state index is 15.1. The number of carbonyl (C=O) groups excluding carboxylic acids is 1. The van der Waals surface area contributed by atoms with Gasteiger partial charge in [-0.1, -0.05) is 18.2 Å². The number of alkyl halides is 3. The van der Waals surface area contributed by atoms with Crippen LogP contribution in [-0.4, -0.2) is 23.7 Å². The van der Waals surface area contributed by atoms with E-state index in [-0.39, 0.29) is 29.1 Å². The monoisotopic (exact) mass is 513 g/mol. The van der Waals surface area contributed by atoms with Gasteiger partial charge in [-0.05, 0) is 79.7 Å². The Bertz CT molecular complexity index is 1380. The predicted molar refractivity (Wildman–Crippen MR) is 131 cm³/mol. The number of rotatable bonds is 5. The fourth-order valence-electron chi connectivity index (χ4n) is 3.85. The highest BCUT2D eigenvalue weighted by molar-refractivity contribution is 7.81. The number of thiocarbonyl (C=S) groups is 1. The van der Waals surface area contributed by atoms with Crippen molar-refractivity contribution in [3.8, 4) is 22.9 Å². The van der Waals surface area contributed by atoms with Crippen LogP contribution in [0.15, 0.2) is 60.7 Å². The van der Waals surface area contributed by atoms with Crippen LogP contribution in [0.5, 0.6) is 5.75 Å². The average molecular weight is 514 g/mol. The van der Waals surface area contributed by atoms with Crippen LogP contribution in [0.3, 0.4) is 0 Å². The Kier molecular flexibility index (Phi) is 6.69. The highest BCUT2D eigenvalue weighted by Gasteiger charge is 2.39. The maximum atomic E-state index is 15.1. The van der Waals surface area contributed by atoms with E-state index < -0.39 is 29.0 Å². The van der Waals surface area contributed by atoms with Gasteiger partial charge in [0.25, 0.3) is 5.91 Å². The molecule has 3 aromatic rings. The van der Waals surface area contributed by atoms with Gasteiger partial charge in [0.05, 0.1) is 34.7 Å². The van der Waals surface area contributed by atoms with Crippen molar-refractivity contribution in [2.45, 2.75) is 26.1 Å². The third kappa shape index (κ3) is 4.88. The van der Waals surface area contributed by atoms with Crippen molar-refractivity contribution in [1.82, 2.24) is 0 Å². The molecule has 10 heteroatoms. The van der Waals surface area contributed by atoms with Crippen LogP contribution in [0, 0.1) is 17.1 Å². The van der Waals surface area contributed by atoms with E-state index in [0.717, 1.165) is 16.5 Å². The van der Waals surface area contributed by atoms with Gasteiger partial charge in [0.15, 0.2) is 5.11 Å². The Labute approximate surface area is 210 Å². The van der Waals surface area contributed by atoms with Crippen molar-refractivity contribution < 1.29 is 27.1 Å². The molecule has 1 amide bonds. The van der Waals surface area contributed by atoms with Crippen LogP contribution in [0.2, 0.25) is 0 Å². The molecule has 0 N–H and O–H groups in total. The Hall–Kier alpha value is -3.97. The molecule has 0 atom stereocenters. The number of benzene rings is 3. The van der Waals surface area contributed by atoms with Gasteiger partial charge in [-0.2, -0.15) is 18.4 Å². The van der Waals surface area contributed by atoms with E-state index in [1.165, 1.54) is 29.2 Å². The summed E-state index contributed by atoms with van der Waals surface area (Å²) in [6, 6.07) is 15.9. The first-order chi connectivity index (χ1) is 17.0. The van der Waals surface area contributed by atoms with E-state index in [0.29, 0.717) is 17.4 Å². The van der Waals surface area contributed by atoms with Crippen molar-refractivity contribution in [3.63, 3.8) is 0 Å². The van der Waals surface area contributed by atoms with Crippen LogP contribution < -0.4 is 14.5 Å². The van der Waals surface area contributed by atoms with Crippen molar-refractivity contribution in [3.05, 3.63) is 77.6 Å². The minimum absolute atomic E-state index is 0.0171. The summed E-state index contributed by atoms with van der Waals surface area (Å²) < 4.78 is 60.9. The lowest BCUT2D eigenvalue weighted by Gasteiger charge is -2.22. The van der Waals surface area contributed by atoms with Crippen molar-refractivity contribution in [1.29, 1.82) is 5.26 Å². The van der Waals surface area contributed by atoms with Gasteiger partial charge in [0.1, 0.15) is 18.1 Å². The SMILES string of the molecule is CC(C)Oc1ccc(-c2ccc(N3CC(=O)N(c4ccc(C#N)c(C(F)(F)F)c4)C3=S)c(F)c2)cc1. The Morgan fingerprint density at radius 1 is 1.03 bits per heavy atom. The molecule has 1 saturated heterocycles. The number of carbonyl (C=O) groups is 1. The highest BCUT2D eigenvalue weighted by atomic mass is 32.1. The molecule has 0 bridgehead atoms. The third-order valence-corrected chi connectivity index (χ3v) is 5.85. The molecule has 5 nitrogen and oxygen atoms in total. The largest absolute Gasteiger partial charge is 0.491 e. The number of anilines is 2. The molecule has 4 rings (SSSR count). The lowest BCUT2D eigenvalue weighted by Crippen LogP contribution is -2.33. The Morgan fingerprint density at radius 3 is 2.28 bits per heavy atom. The normalized spacial score (nSPS) is 13.9. The lowest BCUT2D eigenvalue weighted by atomic mass is 10.0. The van der Waals surface area contributed by atoms with Gasteiger partial charge >= 0.3 is 6.18 Å². The van der Waals surface area contributed by atoms with Gasteiger partial charge in [-0.25, -0.2) is 4.39 Å². The van der Waals surface area contributed by atoms with Crippen LogP contribution in [-0.2, 0) is 11.0 Å². The summed E-state index contributed by atoms with van der Waals surface area (Å²) in [7, 11) is 0. The number of hydrogen-bond donors (Lipinski definition) is 0. The van der Waals surface area contributed by atoms with Gasteiger partial charge in [0.2, 0.25) is 0 Å². The number of ether oxygens (including phenoxy) is 1. The first kappa shape index (κ1) is 25.1. The molecule has 0 unspecified atom stereocenters. The predicted octanol–water partition coefficient (Wildman–Crippen LogP) is 6.31. The molecule has 36 heavy (non-hydrogen) atoms. The first-order valence-corrected chi connectivity index (χ1v) is 11.2. The minimum atomic E-state index is -4.80. The zero-order chi connectivity index (χ0) is 26.2. The van der Waals surface area contributed by atoms with Crippen LogP contribution in [0.1, 0.15) is 25.0 Å². The van der Waals surface area contributed by atoms with Gasteiger partial charge < -0.3 is 9.64 Å². The summed E-state index contributed by atoms with van der Waals surface area (Å²) >= 11 is 5.34. The second kappa shape index (κ2) is 9.59. The fourth-order valence-corrected chi connectivity index (χ4v) is 4.22. The van der Waals surface area contributed by atoms with Gasteiger partial charge in [0, 0.05) is 0 Å². The molecular weight excluding hydrogens is 494 g/mol. The highest BCUT2D eigenvalue weighted by Crippen LogP contribution is 2.36. The van der Waals surface area contributed by atoms with Gasteiger partial charge in [-0.15, -0.1) is 0 Å². The molecule has 1 heterocycles. The number of halogens is 4. The van der Waals surface area contributed by atoms with Crippen molar-refractivity contribution >= 4 is 34.6 Å². The van der Waals surface area contributed by atoms with Crippen LogP contribution in [0.25, 0.3) is 11.1 Å². The van der Waals surface area contributed by atoms with Crippen molar-refractivity contribution in [2.24, 2.45) is 0 Å². The van der Waals surface area contributed by atoms with Crippen LogP contribution >= 0.6 is 12.2 Å². The molecule has 1 aliphatic heterocycles. The summed E-state index contributed by atoms with van der Waals surface area (Å²) in [5, 5.41) is 8.84. The molecule has 0 radical (unpaired) electrons.